The zero-order chi connectivity index (χ0) is 38.9. The van der Waals surface area contributed by atoms with E-state index in [0.717, 1.165) is 98.2 Å². The number of nitrogens with zero attached hydrogens (tertiary/aromatic N) is 5. The summed E-state index contributed by atoms with van der Waals surface area (Å²) in [7, 11) is 0. The molecule has 2 unspecified atom stereocenters. The Morgan fingerprint density at radius 3 is 2.17 bits per heavy atom. The number of benzene rings is 6. The van der Waals surface area contributed by atoms with Crippen LogP contribution in [-0.4, -0.2) is 19.5 Å². The van der Waals surface area contributed by atoms with E-state index in [2.05, 4.69) is 185 Å². The van der Waals surface area contributed by atoms with Crippen molar-refractivity contribution in [1.82, 2.24) is 19.5 Å². The van der Waals surface area contributed by atoms with Crippen molar-refractivity contribution >= 4 is 72.1 Å². The van der Waals surface area contributed by atoms with E-state index < -0.39 is 0 Å². The molecule has 6 heteroatoms. The third-order valence-corrected chi connectivity index (χ3v) is 13.4. The van der Waals surface area contributed by atoms with Gasteiger partial charge in [0, 0.05) is 44.9 Å². The molecule has 0 bridgehead atoms. The molecule has 0 radical (unpaired) electrons. The van der Waals surface area contributed by atoms with Crippen LogP contribution in [0, 0.1) is 5.92 Å². The van der Waals surface area contributed by atoms with E-state index in [1.54, 1.807) is 11.3 Å². The van der Waals surface area contributed by atoms with Crippen molar-refractivity contribution in [2.45, 2.75) is 31.6 Å². The van der Waals surface area contributed by atoms with Gasteiger partial charge in [0.1, 0.15) is 5.01 Å². The van der Waals surface area contributed by atoms with E-state index in [1.807, 2.05) is 0 Å². The van der Waals surface area contributed by atoms with Gasteiger partial charge in [-0.1, -0.05) is 115 Å². The van der Waals surface area contributed by atoms with Gasteiger partial charge >= 0.3 is 0 Å². The number of aromatic nitrogens is 4. The number of hydrogen-bond donors (Lipinski definition) is 0. The Kier molecular flexibility index (Phi) is 8.05. The summed E-state index contributed by atoms with van der Waals surface area (Å²) in [5.41, 5.74) is 14.6. The molecule has 3 heterocycles. The summed E-state index contributed by atoms with van der Waals surface area (Å²) in [4.78, 5) is 18.6. The van der Waals surface area contributed by atoms with Crippen molar-refractivity contribution in [3.8, 4) is 28.3 Å². The quantitative estimate of drug-likeness (QED) is 0.162. The second-order valence-corrected chi connectivity index (χ2v) is 16.9. The molecule has 3 aromatic heterocycles. The van der Waals surface area contributed by atoms with E-state index >= 15 is 0 Å². The molecule has 0 aliphatic heterocycles. The molecular weight excluding hydrogens is 739 g/mol. The molecular formula is C53H39N5S. The van der Waals surface area contributed by atoms with Crippen LogP contribution in [0.3, 0.4) is 0 Å². The van der Waals surface area contributed by atoms with E-state index in [-0.39, 0.29) is 0 Å². The minimum atomic E-state index is 0.437. The van der Waals surface area contributed by atoms with Crippen LogP contribution in [0.15, 0.2) is 170 Å². The Hall–Kier alpha value is -6.89. The van der Waals surface area contributed by atoms with Crippen LogP contribution in [0.25, 0.3) is 72.0 Å². The van der Waals surface area contributed by atoms with Gasteiger partial charge in [0.05, 0.1) is 32.6 Å². The normalized spacial score (nSPS) is 16.8. The fourth-order valence-corrected chi connectivity index (χ4v) is 10.3. The SMILES string of the molecule is C1=CCCCC(c2nc3ccc4c5cc(-c6ccc(N(c7ccccc7)c7ccccc7)cc6)ccc5n(-c5nc(-c6ccccc6)c6c(n5)C5CC5C=C6)c4c3s2)=C1. The maximum atomic E-state index is 5.50. The summed E-state index contributed by atoms with van der Waals surface area (Å²) in [6.45, 7) is 0. The van der Waals surface area contributed by atoms with Gasteiger partial charge in [-0.3, -0.25) is 4.57 Å². The minimum Gasteiger partial charge on any atom is -0.311 e. The van der Waals surface area contributed by atoms with Crippen molar-refractivity contribution in [2.75, 3.05) is 4.90 Å². The van der Waals surface area contributed by atoms with Crippen LogP contribution in [0.1, 0.15) is 47.9 Å². The molecule has 0 saturated heterocycles. The number of hydrogen-bond acceptors (Lipinski definition) is 5. The molecule has 1 fully saturated rings. The Balaban J connectivity index is 1.05. The van der Waals surface area contributed by atoms with Crippen molar-refractivity contribution in [1.29, 1.82) is 0 Å². The summed E-state index contributed by atoms with van der Waals surface area (Å²) in [6.07, 6.45) is 15.7. The summed E-state index contributed by atoms with van der Waals surface area (Å²) in [5.74, 6) is 1.72. The number of anilines is 3. The number of fused-ring (bicyclic) bond motifs is 8. The Bertz CT molecular complexity index is 3120. The fourth-order valence-electron chi connectivity index (χ4n) is 9.17. The number of rotatable bonds is 7. The highest BCUT2D eigenvalue weighted by atomic mass is 32.1. The topological polar surface area (TPSA) is 46.8 Å². The second-order valence-electron chi connectivity index (χ2n) is 15.9. The first-order valence-electron chi connectivity index (χ1n) is 20.7. The maximum Gasteiger partial charge on any atom is 0.235 e. The molecule has 12 rings (SSSR count). The van der Waals surface area contributed by atoms with Gasteiger partial charge < -0.3 is 4.90 Å². The van der Waals surface area contributed by atoms with Crippen LogP contribution in [0.2, 0.25) is 0 Å². The van der Waals surface area contributed by atoms with Crippen LogP contribution in [0.4, 0.5) is 17.1 Å². The molecule has 3 aliphatic carbocycles. The molecule has 9 aromatic rings. The molecule has 6 aromatic carbocycles. The van der Waals surface area contributed by atoms with Gasteiger partial charge in [0.25, 0.3) is 0 Å². The lowest BCUT2D eigenvalue weighted by molar-refractivity contribution is 0.884. The zero-order valence-corrected chi connectivity index (χ0v) is 33.2. The molecule has 1 saturated carbocycles. The first-order valence-corrected chi connectivity index (χ1v) is 21.5. The molecule has 0 N–H and O–H groups in total. The molecule has 5 nitrogen and oxygen atoms in total. The predicted molar refractivity (Wildman–Crippen MR) is 246 cm³/mol. The second kappa shape index (κ2) is 13.9. The number of para-hydroxylation sites is 2. The van der Waals surface area contributed by atoms with E-state index in [4.69, 9.17) is 15.0 Å². The van der Waals surface area contributed by atoms with Gasteiger partial charge in [0.15, 0.2) is 0 Å². The van der Waals surface area contributed by atoms with Crippen LogP contribution in [-0.2, 0) is 0 Å². The van der Waals surface area contributed by atoms with Gasteiger partial charge in [-0.2, -0.15) is 0 Å². The van der Waals surface area contributed by atoms with Crippen LogP contribution < -0.4 is 4.90 Å². The van der Waals surface area contributed by atoms with Crippen molar-refractivity contribution < 1.29 is 0 Å². The lowest BCUT2D eigenvalue weighted by atomic mass is 9.97. The summed E-state index contributed by atoms with van der Waals surface area (Å²) < 4.78 is 3.51. The van der Waals surface area contributed by atoms with Crippen molar-refractivity contribution in [3.63, 3.8) is 0 Å². The van der Waals surface area contributed by atoms with Crippen LogP contribution >= 0.6 is 11.3 Å². The molecule has 59 heavy (non-hydrogen) atoms. The highest BCUT2D eigenvalue weighted by molar-refractivity contribution is 7.20. The molecule has 282 valence electrons. The average molecular weight is 778 g/mol. The predicted octanol–water partition coefficient (Wildman–Crippen LogP) is 14.2. The van der Waals surface area contributed by atoms with E-state index in [0.29, 0.717) is 11.8 Å². The molecule has 0 spiro atoms. The third kappa shape index (κ3) is 5.85. The molecule has 2 atom stereocenters. The maximum absolute atomic E-state index is 5.50. The number of allylic oxidation sites excluding steroid dienone is 5. The Morgan fingerprint density at radius 2 is 1.39 bits per heavy atom. The smallest absolute Gasteiger partial charge is 0.235 e. The lowest BCUT2D eigenvalue weighted by Gasteiger charge is -2.25. The first kappa shape index (κ1) is 34.2. The monoisotopic (exact) mass is 777 g/mol. The summed E-state index contributed by atoms with van der Waals surface area (Å²) in [6, 6.07) is 52.1. The third-order valence-electron chi connectivity index (χ3n) is 12.2. The zero-order valence-electron chi connectivity index (χ0n) is 32.4. The average Bonchev–Trinajstić information content (AvgIpc) is 3.96. The highest BCUT2D eigenvalue weighted by Gasteiger charge is 2.42. The Morgan fingerprint density at radius 1 is 0.661 bits per heavy atom. The standard InChI is InChI=1S/C53H39N5S/c1-2-7-17-36(16-6-1)52-54-46-30-29-42-45-32-37(34-22-26-41(27-23-34)57(39-18-10-4-11-19-39)40-20-12-5-13-21-40)25-31-47(45)58(50(42)51(46)59-52)53-55-48(35-14-8-3-9-15-35)43-28-24-38-33-44(38)49(43)56-53/h1,3-6,8-16,18-32,38,44H,2,7,17,33H2. The summed E-state index contributed by atoms with van der Waals surface area (Å²) in [5, 5.41) is 3.46. The first-order chi connectivity index (χ1) is 29.2. The highest BCUT2D eigenvalue weighted by Crippen LogP contribution is 2.53. The van der Waals surface area contributed by atoms with Gasteiger partial charge in [-0.05, 0) is 109 Å². The largest absolute Gasteiger partial charge is 0.311 e. The molecule has 0 amide bonds. The van der Waals surface area contributed by atoms with Gasteiger partial charge in [-0.25, -0.2) is 15.0 Å². The van der Waals surface area contributed by atoms with E-state index in [9.17, 15) is 0 Å². The number of thiazole rings is 1. The lowest BCUT2D eigenvalue weighted by Crippen LogP contribution is -2.09. The van der Waals surface area contributed by atoms with E-state index in [1.165, 1.54) is 26.7 Å². The summed E-state index contributed by atoms with van der Waals surface area (Å²) >= 11 is 1.80. The van der Waals surface area contributed by atoms with Gasteiger partial charge in [-0.15, -0.1) is 11.3 Å². The Labute approximate surface area is 347 Å². The van der Waals surface area contributed by atoms with Gasteiger partial charge in [0.2, 0.25) is 5.95 Å². The molecule has 3 aliphatic rings. The van der Waals surface area contributed by atoms with Crippen molar-refractivity contribution in [2.24, 2.45) is 5.92 Å². The minimum absolute atomic E-state index is 0.437. The fraction of sp³-hybridized carbons (Fsp3) is 0.113. The van der Waals surface area contributed by atoms with Crippen LogP contribution in [0.5, 0.6) is 0 Å². The van der Waals surface area contributed by atoms with Crippen molar-refractivity contribution in [3.05, 3.63) is 186 Å².